The Labute approximate surface area is 135 Å². The van der Waals surface area contributed by atoms with Crippen LogP contribution in [0.5, 0.6) is 0 Å². The van der Waals surface area contributed by atoms with E-state index in [1.54, 1.807) is 23.7 Å². The maximum atomic E-state index is 13.0. The maximum absolute atomic E-state index is 13.0. The molecule has 2 unspecified atom stereocenters. The highest BCUT2D eigenvalue weighted by molar-refractivity contribution is 5.95. The summed E-state index contributed by atoms with van der Waals surface area (Å²) in [4.78, 5) is 12.2. The molecule has 124 valence electrons. The predicted octanol–water partition coefficient (Wildman–Crippen LogP) is 2.46. The summed E-state index contributed by atoms with van der Waals surface area (Å²) in [5, 5.41) is 16.8. The van der Waals surface area contributed by atoms with Gasteiger partial charge in [0.1, 0.15) is 5.82 Å². The number of carbonyl (C=O) groups excluding carboxylic acids is 1. The van der Waals surface area contributed by atoms with E-state index in [0.29, 0.717) is 16.9 Å². The lowest BCUT2D eigenvalue weighted by Gasteiger charge is -2.17. The third-order valence-corrected chi connectivity index (χ3v) is 4.10. The van der Waals surface area contributed by atoms with Crippen molar-refractivity contribution in [2.45, 2.75) is 33.3 Å². The highest BCUT2D eigenvalue weighted by atomic mass is 19.1. The number of carbonyl (C=O) groups is 1. The molecule has 0 saturated heterocycles. The zero-order valence-electron chi connectivity index (χ0n) is 13.6. The van der Waals surface area contributed by atoms with Crippen molar-refractivity contribution in [2.24, 2.45) is 5.92 Å². The molecule has 1 aromatic carbocycles. The Morgan fingerprint density at radius 3 is 2.65 bits per heavy atom. The van der Waals surface area contributed by atoms with Gasteiger partial charge in [0.15, 0.2) is 0 Å². The fraction of sp³-hybridized carbons (Fsp3) is 0.412. The molecule has 2 rings (SSSR count). The van der Waals surface area contributed by atoms with E-state index in [-0.39, 0.29) is 24.2 Å². The monoisotopic (exact) mass is 319 g/mol. The second-order valence-electron chi connectivity index (χ2n) is 5.69. The third-order valence-electron chi connectivity index (χ3n) is 4.10. The fourth-order valence-electron chi connectivity index (χ4n) is 2.24. The zero-order valence-corrected chi connectivity index (χ0v) is 13.6. The minimum absolute atomic E-state index is 0.123. The molecule has 1 amide bonds. The SMILES string of the molecule is CCC(C)C(O)CNC(=O)c1cnn(-c2ccc(F)cc2)c1C. The molecule has 0 aliphatic carbocycles. The molecule has 0 saturated carbocycles. The van der Waals surface area contributed by atoms with Crippen molar-refractivity contribution in [1.82, 2.24) is 15.1 Å². The van der Waals surface area contributed by atoms with Crippen molar-refractivity contribution in [1.29, 1.82) is 0 Å². The molecule has 0 radical (unpaired) electrons. The number of nitrogens with one attached hydrogen (secondary N) is 1. The zero-order chi connectivity index (χ0) is 17.0. The van der Waals surface area contributed by atoms with Crippen LogP contribution < -0.4 is 5.32 Å². The number of hydrogen-bond donors (Lipinski definition) is 2. The highest BCUT2D eigenvalue weighted by Crippen LogP contribution is 2.15. The Morgan fingerprint density at radius 2 is 2.04 bits per heavy atom. The summed E-state index contributed by atoms with van der Waals surface area (Å²) < 4.78 is 14.6. The van der Waals surface area contributed by atoms with E-state index < -0.39 is 6.10 Å². The summed E-state index contributed by atoms with van der Waals surface area (Å²) >= 11 is 0. The molecule has 0 aliphatic rings. The lowest BCUT2D eigenvalue weighted by Crippen LogP contribution is -2.35. The van der Waals surface area contributed by atoms with Crippen molar-refractivity contribution in [3.8, 4) is 5.69 Å². The van der Waals surface area contributed by atoms with Crippen LogP contribution in [-0.2, 0) is 0 Å². The Morgan fingerprint density at radius 1 is 1.39 bits per heavy atom. The molecule has 2 N–H and O–H groups in total. The van der Waals surface area contributed by atoms with Gasteiger partial charge in [0.05, 0.1) is 29.2 Å². The fourth-order valence-corrected chi connectivity index (χ4v) is 2.24. The first-order chi connectivity index (χ1) is 10.9. The number of amides is 1. The van der Waals surface area contributed by atoms with E-state index in [4.69, 9.17) is 0 Å². The topological polar surface area (TPSA) is 67.2 Å². The number of aliphatic hydroxyl groups excluding tert-OH is 1. The Balaban J connectivity index is 2.09. The number of aromatic nitrogens is 2. The molecule has 0 aliphatic heterocycles. The van der Waals surface area contributed by atoms with Crippen molar-refractivity contribution in [3.05, 3.63) is 47.5 Å². The standard InChI is InChI=1S/C17H22FN3O2/c1-4-11(2)16(22)10-19-17(23)15-9-20-21(12(15)3)14-7-5-13(18)6-8-14/h5-9,11,16,22H,4,10H2,1-3H3,(H,19,23). The summed E-state index contributed by atoms with van der Waals surface area (Å²) in [7, 11) is 0. The van der Waals surface area contributed by atoms with Crippen LogP contribution in [0.15, 0.2) is 30.5 Å². The average molecular weight is 319 g/mol. The molecule has 0 spiro atoms. The van der Waals surface area contributed by atoms with Crippen molar-refractivity contribution >= 4 is 5.91 Å². The Bertz CT molecular complexity index is 667. The van der Waals surface area contributed by atoms with Crippen LogP contribution in [0.2, 0.25) is 0 Å². The summed E-state index contributed by atoms with van der Waals surface area (Å²) in [6.07, 6.45) is 1.75. The largest absolute Gasteiger partial charge is 0.391 e. The molecule has 0 bridgehead atoms. The van der Waals surface area contributed by atoms with Crippen molar-refractivity contribution in [2.75, 3.05) is 6.54 Å². The number of benzene rings is 1. The first-order valence-corrected chi connectivity index (χ1v) is 7.70. The molecule has 2 atom stereocenters. The molecule has 2 aromatic rings. The smallest absolute Gasteiger partial charge is 0.254 e. The summed E-state index contributed by atoms with van der Waals surface area (Å²) in [6, 6.07) is 5.89. The van der Waals surface area contributed by atoms with E-state index >= 15 is 0 Å². The third kappa shape index (κ3) is 3.96. The first-order valence-electron chi connectivity index (χ1n) is 7.70. The van der Waals surface area contributed by atoms with E-state index in [2.05, 4.69) is 10.4 Å². The van der Waals surface area contributed by atoms with Gasteiger partial charge < -0.3 is 10.4 Å². The summed E-state index contributed by atoms with van der Waals surface area (Å²) in [5.74, 6) is -0.480. The number of rotatable bonds is 6. The number of nitrogens with zero attached hydrogens (tertiary/aromatic N) is 2. The van der Waals surface area contributed by atoms with E-state index in [1.165, 1.54) is 18.3 Å². The Hall–Kier alpha value is -2.21. The average Bonchev–Trinajstić information content (AvgIpc) is 2.94. The van der Waals surface area contributed by atoms with Crippen LogP contribution in [0, 0.1) is 18.7 Å². The summed E-state index contributed by atoms with van der Waals surface area (Å²) in [6.45, 7) is 5.91. The number of hydrogen-bond acceptors (Lipinski definition) is 3. The van der Waals surface area contributed by atoms with E-state index in [0.717, 1.165) is 6.42 Å². The normalized spacial score (nSPS) is 13.6. The van der Waals surface area contributed by atoms with Gasteiger partial charge in [0, 0.05) is 6.54 Å². The number of halogens is 1. The van der Waals surface area contributed by atoms with Gasteiger partial charge in [-0.2, -0.15) is 5.10 Å². The molecule has 0 fully saturated rings. The maximum Gasteiger partial charge on any atom is 0.254 e. The van der Waals surface area contributed by atoms with Crippen LogP contribution >= 0.6 is 0 Å². The summed E-state index contributed by atoms with van der Waals surface area (Å²) in [5.41, 5.74) is 1.78. The Kier molecular flexibility index (Phi) is 5.50. The van der Waals surface area contributed by atoms with Gasteiger partial charge >= 0.3 is 0 Å². The lowest BCUT2D eigenvalue weighted by atomic mass is 10.0. The van der Waals surface area contributed by atoms with Crippen LogP contribution in [0.25, 0.3) is 5.69 Å². The van der Waals surface area contributed by atoms with Gasteiger partial charge in [0.25, 0.3) is 5.91 Å². The van der Waals surface area contributed by atoms with Crippen molar-refractivity contribution < 1.29 is 14.3 Å². The molecular weight excluding hydrogens is 297 g/mol. The second kappa shape index (κ2) is 7.37. The quantitative estimate of drug-likeness (QED) is 0.859. The van der Waals surface area contributed by atoms with Crippen LogP contribution in [0.4, 0.5) is 4.39 Å². The minimum atomic E-state index is -0.573. The van der Waals surface area contributed by atoms with Gasteiger partial charge in [-0.25, -0.2) is 9.07 Å². The van der Waals surface area contributed by atoms with Gasteiger partial charge in [-0.3, -0.25) is 4.79 Å². The molecular formula is C17H22FN3O2. The molecule has 6 heteroatoms. The molecule has 5 nitrogen and oxygen atoms in total. The lowest BCUT2D eigenvalue weighted by molar-refractivity contribution is 0.0849. The van der Waals surface area contributed by atoms with Crippen LogP contribution in [0.1, 0.15) is 36.3 Å². The van der Waals surface area contributed by atoms with Gasteiger partial charge in [-0.05, 0) is 37.1 Å². The van der Waals surface area contributed by atoms with E-state index in [9.17, 15) is 14.3 Å². The second-order valence-corrected chi connectivity index (χ2v) is 5.69. The van der Waals surface area contributed by atoms with Gasteiger partial charge in [0.2, 0.25) is 0 Å². The molecule has 1 aromatic heterocycles. The minimum Gasteiger partial charge on any atom is -0.391 e. The van der Waals surface area contributed by atoms with Gasteiger partial charge in [-0.1, -0.05) is 20.3 Å². The van der Waals surface area contributed by atoms with Gasteiger partial charge in [-0.15, -0.1) is 0 Å². The highest BCUT2D eigenvalue weighted by Gasteiger charge is 2.18. The van der Waals surface area contributed by atoms with E-state index in [1.807, 2.05) is 13.8 Å². The first kappa shape index (κ1) is 17.1. The molecule has 23 heavy (non-hydrogen) atoms. The predicted molar refractivity (Wildman–Crippen MR) is 86.1 cm³/mol. The molecule has 1 heterocycles. The van der Waals surface area contributed by atoms with Crippen LogP contribution in [0.3, 0.4) is 0 Å². The van der Waals surface area contributed by atoms with Crippen LogP contribution in [-0.4, -0.2) is 33.4 Å². The van der Waals surface area contributed by atoms with Crippen molar-refractivity contribution in [3.63, 3.8) is 0 Å². The number of aliphatic hydroxyl groups is 1.